The van der Waals surface area contributed by atoms with E-state index in [1.54, 1.807) is 36.9 Å². The number of methoxy groups -OCH3 is 2. The summed E-state index contributed by atoms with van der Waals surface area (Å²) in [6.45, 7) is 0. The van der Waals surface area contributed by atoms with Gasteiger partial charge in [0, 0.05) is 17.3 Å². The van der Waals surface area contributed by atoms with Gasteiger partial charge in [-0.2, -0.15) is 0 Å². The largest absolute Gasteiger partial charge is 0.497 e. The summed E-state index contributed by atoms with van der Waals surface area (Å²) in [6, 6.07) is 13.1. The molecule has 1 amide bonds. The lowest BCUT2D eigenvalue weighted by atomic mass is 10.1. The monoisotopic (exact) mass is 330 g/mol. The molecule has 0 radical (unpaired) electrons. The van der Waals surface area contributed by atoms with Gasteiger partial charge in [-0.15, -0.1) is 11.8 Å². The van der Waals surface area contributed by atoms with Gasteiger partial charge in [0.2, 0.25) is 5.91 Å². The van der Waals surface area contributed by atoms with Crippen molar-refractivity contribution in [3.05, 3.63) is 48.0 Å². The van der Waals surface area contributed by atoms with Gasteiger partial charge in [-0.25, -0.2) is 0 Å². The van der Waals surface area contributed by atoms with Crippen LogP contribution in [0.1, 0.15) is 10.9 Å². The smallest absolute Gasteiger partial charge is 0.238 e. The summed E-state index contributed by atoms with van der Waals surface area (Å²) in [6.07, 6.45) is 0. The van der Waals surface area contributed by atoms with Crippen molar-refractivity contribution in [1.29, 1.82) is 0 Å². The Morgan fingerprint density at radius 2 is 1.96 bits per heavy atom. The summed E-state index contributed by atoms with van der Waals surface area (Å²) >= 11 is 1.56. The SMILES string of the molecule is COc1ccc(N2C(=O)CSC2c2ccccc2N)c(OC)c1. The Bertz CT molecular complexity index is 736. The van der Waals surface area contributed by atoms with E-state index in [4.69, 9.17) is 15.2 Å². The molecule has 5 nitrogen and oxygen atoms in total. The molecule has 120 valence electrons. The first-order chi connectivity index (χ1) is 11.2. The molecule has 2 aromatic rings. The maximum absolute atomic E-state index is 12.5. The summed E-state index contributed by atoms with van der Waals surface area (Å²) < 4.78 is 10.7. The molecule has 0 spiro atoms. The van der Waals surface area contributed by atoms with Crippen LogP contribution in [0.4, 0.5) is 11.4 Å². The Labute approximate surface area is 139 Å². The van der Waals surface area contributed by atoms with Crippen LogP contribution in [0.15, 0.2) is 42.5 Å². The fourth-order valence-corrected chi connectivity index (χ4v) is 3.85. The van der Waals surface area contributed by atoms with E-state index < -0.39 is 0 Å². The number of anilines is 2. The third kappa shape index (κ3) is 2.82. The highest BCUT2D eigenvalue weighted by Gasteiger charge is 2.36. The number of hydrogen-bond acceptors (Lipinski definition) is 5. The molecule has 1 aliphatic rings. The number of thioether (sulfide) groups is 1. The van der Waals surface area contributed by atoms with Crippen molar-refractivity contribution in [1.82, 2.24) is 0 Å². The minimum atomic E-state index is -0.161. The standard InChI is InChI=1S/C17H18N2O3S/c1-21-11-7-8-14(15(9-11)22-2)19-16(20)10-23-17(19)12-5-3-4-6-13(12)18/h3-9,17H,10,18H2,1-2H3. The minimum Gasteiger partial charge on any atom is -0.497 e. The lowest BCUT2D eigenvalue weighted by Crippen LogP contribution is -2.28. The lowest BCUT2D eigenvalue weighted by molar-refractivity contribution is -0.115. The molecule has 1 unspecified atom stereocenters. The van der Waals surface area contributed by atoms with Crippen LogP contribution in [0, 0.1) is 0 Å². The molecule has 1 fully saturated rings. The summed E-state index contributed by atoms with van der Waals surface area (Å²) in [5.74, 6) is 1.72. The van der Waals surface area contributed by atoms with Crippen LogP contribution < -0.4 is 20.1 Å². The van der Waals surface area contributed by atoms with Crippen LogP contribution >= 0.6 is 11.8 Å². The summed E-state index contributed by atoms with van der Waals surface area (Å²) in [5.41, 5.74) is 8.43. The number of ether oxygens (including phenoxy) is 2. The Hall–Kier alpha value is -2.34. The Morgan fingerprint density at radius 1 is 1.17 bits per heavy atom. The quantitative estimate of drug-likeness (QED) is 0.873. The number of carbonyl (C=O) groups excluding carboxylic acids is 1. The molecule has 1 heterocycles. The molecule has 3 rings (SSSR count). The average molecular weight is 330 g/mol. The normalized spacial score (nSPS) is 17.4. The third-order valence-corrected chi connectivity index (χ3v) is 4.97. The first-order valence-corrected chi connectivity index (χ1v) is 8.20. The first-order valence-electron chi connectivity index (χ1n) is 7.15. The van der Waals surface area contributed by atoms with E-state index in [-0.39, 0.29) is 11.3 Å². The number of benzene rings is 2. The van der Waals surface area contributed by atoms with Crippen LogP contribution in [0.2, 0.25) is 0 Å². The molecule has 1 atom stereocenters. The number of nitrogen functional groups attached to an aromatic ring is 1. The maximum atomic E-state index is 12.5. The number of para-hydroxylation sites is 1. The Kier molecular flexibility index (Phi) is 4.34. The predicted molar refractivity (Wildman–Crippen MR) is 93.1 cm³/mol. The number of rotatable bonds is 4. The minimum absolute atomic E-state index is 0.0340. The molecule has 2 N–H and O–H groups in total. The zero-order valence-corrected chi connectivity index (χ0v) is 13.8. The second-order valence-corrected chi connectivity index (χ2v) is 6.16. The van der Waals surface area contributed by atoms with Crippen LogP contribution in [-0.4, -0.2) is 25.9 Å². The molecular weight excluding hydrogens is 312 g/mol. The van der Waals surface area contributed by atoms with E-state index in [0.717, 1.165) is 11.3 Å². The number of nitrogens with zero attached hydrogens (tertiary/aromatic N) is 1. The molecule has 0 aliphatic carbocycles. The van der Waals surface area contributed by atoms with Crippen molar-refractivity contribution in [3.63, 3.8) is 0 Å². The molecule has 23 heavy (non-hydrogen) atoms. The van der Waals surface area contributed by atoms with E-state index in [1.807, 2.05) is 36.4 Å². The Morgan fingerprint density at radius 3 is 2.65 bits per heavy atom. The van der Waals surface area contributed by atoms with Gasteiger partial charge in [-0.05, 0) is 18.2 Å². The molecule has 1 aliphatic heterocycles. The number of hydrogen-bond donors (Lipinski definition) is 1. The second kappa shape index (κ2) is 6.42. The van der Waals surface area contributed by atoms with Crippen molar-refractivity contribution in [3.8, 4) is 11.5 Å². The molecule has 0 saturated carbocycles. The van der Waals surface area contributed by atoms with Gasteiger partial charge >= 0.3 is 0 Å². The molecule has 2 aromatic carbocycles. The van der Waals surface area contributed by atoms with Crippen molar-refractivity contribution in [2.45, 2.75) is 5.37 Å². The van der Waals surface area contributed by atoms with E-state index in [9.17, 15) is 4.79 Å². The van der Waals surface area contributed by atoms with E-state index >= 15 is 0 Å². The van der Waals surface area contributed by atoms with Gasteiger partial charge in [-0.3, -0.25) is 9.69 Å². The highest BCUT2D eigenvalue weighted by atomic mass is 32.2. The Balaban J connectivity index is 2.06. The fraction of sp³-hybridized carbons (Fsp3) is 0.235. The highest BCUT2D eigenvalue weighted by molar-refractivity contribution is 8.00. The predicted octanol–water partition coefficient (Wildman–Crippen LogP) is 3.06. The number of carbonyl (C=O) groups is 1. The van der Waals surface area contributed by atoms with Gasteiger partial charge < -0.3 is 15.2 Å². The maximum Gasteiger partial charge on any atom is 0.238 e. The van der Waals surface area contributed by atoms with Crippen LogP contribution in [0.3, 0.4) is 0 Å². The van der Waals surface area contributed by atoms with Gasteiger partial charge in [0.05, 0.1) is 25.7 Å². The van der Waals surface area contributed by atoms with Crippen molar-refractivity contribution in [2.75, 3.05) is 30.6 Å². The third-order valence-electron chi connectivity index (χ3n) is 3.78. The van der Waals surface area contributed by atoms with Crippen LogP contribution in [-0.2, 0) is 4.79 Å². The molecular formula is C17H18N2O3S. The summed E-state index contributed by atoms with van der Waals surface area (Å²) in [5, 5.41) is -0.161. The van der Waals surface area contributed by atoms with Crippen molar-refractivity contribution in [2.24, 2.45) is 0 Å². The average Bonchev–Trinajstić information content (AvgIpc) is 2.96. The van der Waals surface area contributed by atoms with E-state index in [0.29, 0.717) is 22.9 Å². The zero-order chi connectivity index (χ0) is 16.4. The summed E-state index contributed by atoms with van der Waals surface area (Å²) in [7, 11) is 3.18. The number of nitrogens with two attached hydrogens (primary N) is 1. The van der Waals surface area contributed by atoms with E-state index in [2.05, 4.69) is 0 Å². The van der Waals surface area contributed by atoms with Gasteiger partial charge in [0.15, 0.2) is 0 Å². The van der Waals surface area contributed by atoms with Crippen LogP contribution in [0.25, 0.3) is 0 Å². The van der Waals surface area contributed by atoms with Gasteiger partial charge in [0.25, 0.3) is 0 Å². The summed E-state index contributed by atoms with van der Waals surface area (Å²) in [4.78, 5) is 14.2. The molecule has 6 heteroatoms. The zero-order valence-electron chi connectivity index (χ0n) is 13.0. The molecule has 0 aromatic heterocycles. The first kappa shape index (κ1) is 15.6. The molecule has 1 saturated heterocycles. The van der Waals surface area contributed by atoms with Crippen molar-refractivity contribution < 1.29 is 14.3 Å². The van der Waals surface area contributed by atoms with Crippen LogP contribution in [0.5, 0.6) is 11.5 Å². The van der Waals surface area contributed by atoms with Gasteiger partial charge in [0.1, 0.15) is 16.9 Å². The topological polar surface area (TPSA) is 64.8 Å². The van der Waals surface area contributed by atoms with E-state index in [1.165, 1.54) is 0 Å². The van der Waals surface area contributed by atoms with Crippen molar-refractivity contribution >= 4 is 29.0 Å². The fourth-order valence-electron chi connectivity index (χ4n) is 2.63. The number of amides is 1. The van der Waals surface area contributed by atoms with Gasteiger partial charge in [-0.1, -0.05) is 18.2 Å². The molecule has 0 bridgehead atoms. The second-order valence-electron chi connectivity index (χ2n) is 5.09. The lowest BCUT2D eigenvalue weighted by Gasteiger charge is -2.27. The highest BCUT2D eigenvalue weighted by Crippen LogP contribution is 2.46.